The van der Waals surface area contributed by atoms with E-state index in [1.807, 2.05) is 13.8 Å². The van der Waals surface area contributed by atoms with Crippen LogP contribution in [-0.2, 0) is 0 Å². The van der Waals surface area contributed by atoms with E-state index in [4.69, 9.17) is 5.11 Å². The number of benzene rings is 1. The van der Waals surface area contributed by atoms with Gasteiger partial charge in [0.1, 0.15) is 5.69 Å². The second kappa shape index (κ2) is 5.11. The van der Waals surface area contributed by atoms with Gasteiger partial charge in [-0.3, -0.25) is 4.79 Å². The molecular formula is C12H13NO3. The van der Waals surface area contributed by atoms with Crippen molar-refractivity contribution >= 4 is 16.9 Å². The zero-order valence-electron chi connectivity index (χ0n) is 9.15. The zero-order chi connectivity index (χ0) is 12.1. The van der Waals surface area contributed by atoms with Crippen molar-refractivity contribution < 1.29 is 9.90 Å². The Morgan fingerprint density at radius 2 is 1.88 bits per heavy atom. The lowest BCUT2D eigenvalue weighted by Crippen LogP contribution is -2.09. The molecule has 0 aliphatic rings. The van der Waals surface area contributed by atoms with Gasteiger partial charge in [0.2, 0.25) is 0 Å². The molecule has 2 aromatic rings. The fourth-order valence-corrected chi connectivity index (χ4v) is 1.31. The second-order valence-electron chi connectivity index (χ2n) is 2.90. The molecule has 1 heterocycles. The molecule has 4 heteroatoms. The Bertz CT molecular complexity index is 557. The van der Waals surface area contributed by atoms with Crippen molar-refractivity contribution in [3.05, 3.63) is 46.2 Å². The van der Waals surface area contributed by atoms with E-state index < -0.39 is 5.97 Å². The Morgan fingerprint density at radius 3 is 2.50 bits per heavy atom. The largest absolute Gasteiger partial charge is 0.477 e. The molecule has 2 N–H and O–H groups in total. The van der Waals surface area contributed by atoms with E-state index in [0.29, 0.717) is 10.9 Å². The molecule has 84 valence electrons. The van der Waals surface area contributed by atoms with Crippen molar-refractivity contribution in [2.45, 2.75) is 13.8 Å². The summed E-state index contributed by atoms with van der Waals surface area (Å²) in [6, 6.07) is 7.88. The summed E-state index contributed by atoms with van der Waals surface area (Å²) in [5, 5.41) is 9.20. The summed E-state index contributed by atoms with van der Waals surface area (Å²) in [6.45, 7) is 4.00. The van der Waals surface area contributed by atoms with Gasteiger partial charge >= 0.3 is 5.97 Å². The summed E-state index contributed by atoms with van der Waals surface area (Å²) in [4.78, 5) is 24.7. The Labute approximate surface area is 92.6 Å². The standard InChI is InChI=1S/C10H7NO3.C2H6/c12-9-5-8(10(13)14)11-7-4-2-1-3-6(7)9;1-2/h1-5H,(H,11,12)(H,13,14);1-2H3. The maximum Gasteiger partial charge on any atom is 0.352 e. The molecule has 0 amide bonds. The Morgan fingerprint density at radius 1 is 1.25 bits per heavy atom. The van der Waals surface area contributed by atoms with Crippen LogP contribution in [0.15, 0.2) is 35.1 Å². The number of carboxylic acid groups (broad SMARTS) is 1. The minimum absolute atomic E-state index is 0.0892. The minimum atomic E-state index is -1.13. The normalized spacial score (nSPS) is 9.38. The van der Waals surface area contributed by atoms with Crippen LogP contribution in [0.3, 0.4) is 0 Å². The molecule has 0 bridgehead atoms. The summed E-state index contributed by atoms with van der Waals surface area (Å²) < 4.78 is 0. The molecule has 16 heavy (non-hydrogen) atoms. The van der Waals surface area contributed by atoms with Crippen LogP contribution in [0.5, 0.6) is 0 Å². The zero-order valence-corrected chi connectivity index (χ0v) is 9.15. The number of aromatic amines is 1. The Hall–Kier alpha value is -2.10. The monoisotopic (exact) mass is 219 g/mol. The topological polar surface area (TPSA) is 70.2 Å². The van der Waals surface area contributed by atoms with Crippen molar-refractivity contribution in [2.24, 2.45) is 0 Å². The number of hydrogen-bond acceptors (Lipinski definition) is 2. The van der Waals surface area contributed by atoms with Crippen molar-refractivity contribution in [2.75, 3.05) is 0 Å². The number of carboxylic acids is 1. The van der Waals surface area contributed by atoms with Gasteiger partial charge in [0.05, 0.1) is 0 Å². The Kier molecular flexibility index (Phi) is 3.83. The van der Waals surface area contributed by atoms with Gasteiger partial charge in [-0.15, -0.1) is 0 Å². The summed E-state index contributed by atoms with van der Waals surface area (Å²) in [5.41, 5.74) is 0.169. The lowest BCUT2D eigenvalue weighted by molar-refractivity contribution is 0.0691. The third kappa shape index (κ3) is 2.28. The lowest BCUT2D eigenvalue weighted by Gasteiger charge is -1.98. The smallest absolute Gasteiger partial charge is 0.352 e. The van der Waals surface area contributed by atoms with Gasteiger partial charge in [-0.05, 0) is 12.1 Å². The van der Waals surface area contributed by atoms with E-state index in [0.717, 1.165) is 6.07 Å². The number of aromatic nitrogens is 1. The lowest BCUT2D eigenvalue weighted by atomic mass is 10.2. The van der Waals surface area contributed by atoms with Crippen LogP contribution in [0.4, 0.5) is 0 Å². The molecule has 0 atom stereocenters. The first-order chi connectivity index (χ1) is 7.68. The quantitative estimate of drug-likeness (QED) is 0.772. The maximum atomic E-state index is 11.4. The van der Waals surface area contributed by atoms with E-state index in [2.05, 4.69) is 4.98 Å². The molecule has 0 unspecified atom stereocenters. The molecule has 0 fully saturated rings. The summed E-state index contributed by atoms with van der Waals surface area (Å²) >= 11 is 0. The number of pyridine rings is 1. The van der Waals surface area contributed by atoms with Gasteiger partial charge in [0.25, 0.3) is 0 Å². The molecule has 1 aromatic heterocycles. The van der Waals surface area contributed by atoms with Crippen molar-refractivity contribution in [1.29, 1.82) is 0 Å². The van der Waals surface area contributed by atoms with Crippen LogP contribution >= 0.6 is 0 Å². The number of aromatic carboxylic acids is 1. The molecule has 2 rings (SSSR count). The molecule has 0 radical (unpaired) electrons. The fraction of sp³-hybridized carbons (Fsp3) is 0.167. The van der Waals surface area contributed by atoms with Crippen LogP contribution in [-0.4, -0.2) is 16.1 Å². The highest BCUT2D eigenvalue weighted by atomic mass is 16.4. The highest BCUT2D eigenvalue weighted by Gasteiger charge is 2.06. The fourth-order valence-electron chi connectivity index (χ4n) is 1.31. The van der Waals surface area contributed by atoms with Crippen LogP contribution < -0.4 is 5.43 Å². The molecule has 0 saturated carbocycles. The average Bonchev–Trinajstić information content (AvgIpc) is 2.31. The molecule has 4 nitrogen and oxygen atoms in total. The van der Waals surface area contributed by atoms with Gasteiger partial charge in [0.15, 0.2) is 5.43 Å². The number of nitrogens with one attached hydrogen (secondary N) is 1. The predicted molar refractivity (Wildman–Crippen MR) is 62.9 cm³/mol. The van der Waals surface area contributed by atoms with Gasteiger partial charge < -0.3 is 10.1 Å². The molecule has 0 aliphatic carbocycles. The number of rotatable bonds is 1. The number of hydrogen-bond donors (Lipinski definition) is 2. The first kappa shape index (κ1) is 12.0. The summed E-state index contributed by atoms with van der Waals surface area (Å²) in [7, 11) is 0. The van der Waals surface area contributed by atoms with Crippen molar-refractivity contribution in [1.82, 2.24) is 4.98 Å². The van der Waals surface area contributed by atoms with Gasteiger partial charge in [-0.1, -0.05) is 26.0 Å². The third-order valence-electron chi connectivity index (χ3n) is 1.97. The highest BCUT2D eigenvalue weighted by Crippen LogP contribution is 2.06. The average molecular weight is 219 g/mol. The number of H-pyrrole nitrogens is 1. The van der Waals surface area contributed by atoms with Crippen LogP contribution in [0.25, 0.3) is 10.9 Å². The van der Waals surface area contributed by atoms with Crippen LogP contribution in [0, 0.1) is 0 Å². The molecule has 0 saturated heterocycles. The SMILES string of the molecule is CC.O=C(O)c1cc(=O)c2ccccc2[nH]1. The third-order valence-corrected chi connectivity index (χ3v) is 1.97. The first-order valence-corrected chi connectivity index (χ1v) is 5.04. The number of carbonyl (C=O) groups is 1. The molecule has 0 aliphatic heterocycles. The predicted octanol–water partition coefficient (Wildman–Crippen LogP) is 2.25. The second-order valence-corrected chi connectivity index (χ2v) is 2.90. The molecule has 1 aromatic carbocycles. The molecular weight excluding hydrogens is 206 g/mol. The van der Waals surface area contributed by atoms with E-state index in [1.54, 1.807) is 24.3 Å². The first-order valence-electron chi connectivity index (χ1n) is 5.04. The van der Waals surface area contributed by atoms with Gasteiger partial charge in [-0.25, -0.2) is 4.79 Å². The maximum absolute atomic E-state index is 11.4. The van der Waals surface area contributed by atoms with Gasteiger partial charge in [-0.2, -0.15) is 0 Å². The van der Waals surface area contributed by atoms with E-state index >= 15 is 0 Å². The molecule has 0 spiro atoms. The van der Waals surface area contributed by atoms with Crippen LogP contribution in [0.2, 0.25) is 0 Å². The summed E-state index contributed by atoms with van der Waals surface area (Å²) in [6.07, 6.45) is 0. The highest BCUT2D eigenvalue weighted by molar-refractivity contribution is 5.89. The Balaban J connectivity index is 0.000000606. The summed E-state index contributed by atoms with van der Waals surface area (Å²) in [5.74, 6) is -1.13. The number of para-hydroxylation sites is 1. The minimum Gasteiger partial charge on any atom is -0.477 e. The van der Waals surface area contributed by atoms with E-state index in [1.165, 1.54) is 0 Å². The van der Waals surface area contributed by atoms with E-state index in [9.17, 15) is 9.59 Å². The van der Waals surface area contributed by atoms with Crippen molar-refractivity contribution in [3.63, 3.8) is 0 Å². The van der Waals surface area contributed by atoms with Gasteiger partial charge in [0, 0.05) is 17.0 Å². The van der Waals surface area contributed by atoms with E-state index in [-0.39, 0.29) is 11.1 Å². The van der Waals surface area contributed by atoms with Crippen molar-refractivity contribution in [3.8, 4) is 0 Å². The van der Waals surface area contributed by atoms with Crippen LogP contribution in [0.1, 0.15) is 24.3 Å². The number of fused-ring (bicyclic) bond motifs is 1.